The molecule has 2 unspecified atom stereocenters. The quantitative estimate of drug-likeness (QED) is 0.654. The summed E-state index contributed by atoms with van der Waals surface area (Å²) in [6, 6.07) is 7.95. The second-order valence-corrected chi connectivity index (χ2v) is 7.08. The minimum absolute atomic E-state index is 0.192. The van der Waals surface area contributed by atoms with Crippen LogP contribution in [0, 0.1) is 22.7 Å². The molecule has 0 heterocycles. The first-order valence-corrected chi connectivity index (χ1v) is 8.62. The van der Waals surface area contributed by atoms with Crippen LogP contribution in [0.1, 0.15) is 44.2 Å². The normalized spacial score (nSPS) is 23.6. The average Bonchev–Trinajstić information content (AvgIpc) is 2.61. The van der Waals surface area contributed by atoms with Gasteiger partial charge in [-0.2, -0.15) is 5.26 Å². The minimum Gasteiger partial charge on any atom is -0.348 e. The van der Waals surface area contributed by atoms with E-state index in [4.69, 9.17) is 0 Å². The lowest BCUT2D eigenvalue weighted by atomic mass is 9.67. The molecule has 2 rings (SSSR count). The lowest BCUT2D eigenvalue weighted by Crippen LogP contribution is -2.40. The molecule has 24 heavy (non-hydrogen) atoms. The highest BCUT2D eigenvalue weighted by molar-refractivity contribution is 5.59. The second-order valence-electron chi connectivity index (χ2n) is 7.08. The van der Waals surface area contributed by atoms with Gasteiger partial charge in [-0.25, -0.2) is 0 Å². The van der Waals surface area contributed by atoms with Gasteiger partial charge in [0, 0.05) is 17.6 Å². The van der Waals surface area contributed by atoms with Crippen LogP contribution < -0.4 is 4.90 Å². The Morgan fingerprint density at radius 3 is 2.83 bits per heavy atom. The molecule has 128 valence electrons. The van der Waals surface area contributed by atoms with Crippen LogP contribution in [0.15, 0.2) is 43.1 Å². The molecule has 1 aliphatic carbocycles. The number of alkyl halides is 1. The van der Waals surface area contributed by atoms with Gasteiger partial charge in [0.15, 0.2) is 0 Å². The minimum atomic E-state index is -0.318. The maximum atomic E-state index is 13.7. The smallest absolute Gasteiger partial charge is 0.0992 e. The number of nitriles is 1. The molecule has 0 aromatic heterocycles. The summed E-state index contributed by atoms with van der Waals surface area (Å²) in [5.41, 5.74) is 3.70. The van der Waals surface area contributed by atoms with Gasteiger partial charge in [0.05, 0.1) is 18.3 Å². The Bertz CT molecular complexity index is 658. The first kappa shape index (κ1) is 18.3. The van der Waals surface area contributed by atoms with Crippen molar-refractivity contribution in [2.24, 2.45) is 11.3 Å². The standard InChI is InChI=1S/C21H27FN2/c1-5-18-8-7-17(13-23)12-20(18)24(6-2)14-19-11-16(3)9-10-21(19,4)15-22/h6-8,12,19H,2-3,5,9-11,14-15H2,1,4H3. The Kier molecular flexibility index (Phi) is 5.83. The summed E-state index contributed by atoms with van der Waals surface area (Å²) in [5.74, 6) is 0.192. The summed E-state index contributed by atoms with van der Waals surface area (Å²) in [6.07, 6.45) is 5.28. The zero-order valence-electron chi connectivity index (χ0n) is 14.8. The van der Waals surface area contributed by atoms with E-state index in [0.717, 1.165) is 31.4 Å². The van der Waals surface area contributed by atoms with Crippen LogP contribution in [0.4, 0.5) is 10.1 Å². The molecule has 1 aliphatic rings. The highest BCUT2D eigenvalue weighted by atomic mass is 19.1. The second kappa shape index (κ2) is 7.66. The predicted molar refractivity (Wildman–Crippen MR) is 98.6 cm³/mol. The molecule has 0 N–H and O–H groups in total. The highest BCUT2D eigenvalue weighted by Gasteiger charge is 2.38. The number of allylic oxidation sites excluding steroid dienone is 1. The number of aryl methyl sites for hydroxylation is 1. The van der Waals surface area contributed by atoms with Crippen molar-refractivity contribution >= 4 is 5.69 Å². The molecule has 1 aromatic rings. The molecule has 1 aromatic carbocycles. The van der Waals surface area contributed by atoms with Gasteiger partial charge in [-0.3, -0.25) is 4.39 Å². The van der Waals surface area contributed by atoms with Crippen molar-refractivity contribution in [3.8, 4) is 6.07 Å². The van der Waals surface area contributed by atoms with Gasteiger partial charge in [0.25, 0.3) is 0 Å². The van der Waals surface area contributed by atoms with E-state index in [2.05, 4.69) is 31.1 Å². The van der Waals surface area contributed by atoms with Gasteiger partial charge in [-0.15, -0.1) is 0 Å². The molecule has 0 saturated heterocycles. The van der Waals surface area contributed by atoms with Crippen molar-refractivity contribution < 1.29 is 4.39 Å². The maximum Gasteiger partial charge on any atom is 0.0992 e. The average molecular weight is 326 g/mol. The summed E-state index contributed by atoms with van der Waals surface area (Å²) in [4.78, 5) is 2.08. The van der Waals surface area contributed by atoms with Crippen molar-refractivity contribution in [3.05, 3.63) is 54.3 Å². The van der Waals surface area contributed by atoms with Crippen molar-refractivity contribution in [3.63, 3.8) is 0 Å². The van der Waals surface area contributed by atoms with Gasteiger partial charge in [0.2, 0.25) is 0 Å². The molecule has 0 radical (unpaired) electrons. The third-order valence-electron chi connectivity index (χ3n) is 5.42. The van der Waals surface area contributed by atoms with Gasteiger partial charge in [-0.05, 0) is 55.5 Å². The Morgan fingerprint density at radius 1 is 1.50 bits per heavy atom. The molecule has 0 amide bonds. The van der Waals surface area contributed by atoms with Gasteiger partial charge < -0.3 is 4.90 Å². The Hall–Kier alpha value is -2.08. The van der Waals surface area contributed by atoms with Crippen molar-refractivity contribution in [2.75, 3.05) is 18.1 Å². The van der Waals surface area contributed by atoms with Crippen LogP contribution in [0.5, 0.6) is 0 Å². The highest BCUT2D eigenvalue weighted by Crippen LogP contribution is 2.44. The van der Waals surface area contributed by atoms with Crippen molar-refractivity contribution in [1.29, 1.82) is 5.26 Å². The number of benzene rings is 1. The van der Waals surface area contributed by atoms with Crippen LogP contribution in [-0.4, -0.2) is 13.2 Å². The van der Waals surface area contributed by atoms with Crippen molar-refractivity contribution in [1.82, 2.24) is 0 Å². The number of nitrogens with zero attached hydrogens (tertiary/aromatic N) is 2. The number of hydrogen-bond acceptors (Lipinski definition) is 2. The van der Waals surface area contributed by atoms with E-state index in [0.29, 0.717) is 12.1 Å². The van der Waals surface area contributed by atoms with Gasteiger partial charge >= 0.3 is 0 Å². The fourth-order valence-corrected chi connectivity index (χ4v) is 3.53. The van der Waals surface area contributed by atoms with E-state index in [1.54, 1.807) is 6.20 Å². The number of halogens is 1. The topological polar surface area (TPSA) is 27.0 Å². The van der Waals surface area contributed by atoms with Crippen LogP contribution in [0.3, 0.4) is 0 Å². The Balaban J connectivity index is 2.33. The summed E-state index contributed by atoms with van der Waals surface area (Å²) in [6.45, 7) is 12.6. The Labute approximate surface area is 145 Å². The van der Waals surface area contributed by atoms with Crippen LogP contribution >= 0.6 is 0 Å². The molecule has 2 nitrogen and oxygen atoms in total. The largest absolute Gasteiger partial charge is 0.348 e. The molecule has 3 heteroatoms. The molecular weight excluding hydrogens is 299 g/mol. The van der Waals surface area contributed by atoms with E-state index < -0.39 is 0 Å². The maximum absolute atomic E-state index is 13.7. The number of hydrogen-bond donors (Lipinski definition) is 0. The molecule has 1 fully saturated rings. The zero-order chi connectivity index (χ0) is 17.7. The Morgan fingerprint density at radius 2 is 2.25 bits per heavy atom. The third kappa shape index (κ3) is 3.70. The zero-order valence-corrected chi connectivity index (χ0v) is 14.8. The van der Waals surface area contributed by atoms with Gasteiger partial charge in [0.1, 0.15) is 0 Å². The lowest BCUT2D eigenvalue weighted by Gasteiger charge is -2.42. The molecular formula is C21H27FN2. The van der Waals surface area contributed by atoms with Crippen LogP contribution in [0.25, 0.3) is 0 Å². The molecule has 0 aliphatic heterocycles. The first-order valence-electron chi connectivity index (χ1n) is 8.62. The third-order valence-corrected chi connectivity index (χ3v) is 5.42. The van der Waals surface area contributed by atoms with Gasteiger partial charge in [-0.1, -0.05) is 38.6 Å². The van der Waals surface area contributed by atoms with E-state index in [1.807, 2.05) is 25.1 Å². The van der Waals surface area contributed by atoms with E-state index in [1.165, 1.54) is 11.1 Å². The summed E-state index contributed by atoms with van der Waals surface area (Å²) < 4.78 is 13.7. The summed E-state index contributed by atoms with van der Waals surface area (Å²) >= 11 is 0. The van der Waals surface area contributed by atoms with Crippen molar-refractivity contribution in [2.45, 2.75) is 39.5 Å². The molecule has 0 spiro atoms. The molecule has 2 atom stereocenters. The number of anilines is 1. The first-order chi connectivity index (χ1) is 11.5. The van der Waals surface area contributed by atoms with E-state index in [-0.39, 0.29) is 18.0 Å². The molecule has 1 saturated carbocycles. The lowest BCUT2D eigenvalue weighted by molar-refractivity contribution is 0.106. The van der Waals surface area contributed by atoms with Crippen LogP contribution in [-0.2, 0) is 6.42 Å². The fourth-order valence-electron chi connectivity index (χ4n) is 3.53. The SMILES string of the molecule is C=CN(CC1CC(=C)CCC1(C)CF)c1cc(C#N)ccc1CC. The number of rotatable bonds is 6. The van der Waals surface area contributed by atoms with E-state index >= 15 is 0 Å². The van der Waals surface area contributed by atoms with E-state index in [9.17, 15) is 9.65 Å². The molecule has 0 bridgehead atoms. The summed E-state index contributed by atoms with van der Waals surface area (Å²) in [5, 5.41) is 9.20. The predicted octanol–water partition coefficient (Wildman–Crippen LogP) is 5.40. The summed E-state index contributed by atoms with van der Waals surface area (Å²) in [7, 11) is 0. The fraction of sp³-hybridized carbons (Fsp3) is 0.476. The monoisotopic (exact) mass is 326 g/mol. The van der Waals surface area contributed by atoms with Crippen LogP contribution in [0.2, 0.25) is 0 Å².